The van der Waals surface area contributed by atoms with E-state index in [1.807, 2.05) is 7.05 Å². The van der Waals surface area contributed by atoms with Gasteiger partial charge in [-0.05, 0) is 19.3 Å². The zero-order valence-electron chi connectivity index (χ0n) is 11.3. The number of likely N-dealkylation sites (N-methyl/N-ethyl adjacent to an activating group) is 1. The Bertz CT molecular complexity index is 244. The predicted molar refractivity (Wildman–Crippen MR) is 68.8 cm³/mol. The third-order valence-corrected chi connectivity index (χ3v) is 4.23. The maximum atomic E-state index is 11.4. The highest BCUT2D eigenvalue weighted by Gasteiger charge is 2.28. The summed E-state index contributed by atoms with van der Waals surface area (Å²) in [5, 5.41) is 13.0. The van der Waals surface area contributed by atoms with Crippen LogP contribution in [0.15, 0.2) is 0 Å². The molecule has 0 saturated carbocycles. The molecule has 0 bridgehead atoms. The number of aliphatic hydroxyl groups is 1. The summed E-state index contributed by atoms with van der Waals surface area (Å²) in [6.45, 7) is 6.10. The van der Waals surface area contributed by atoms with Crippen molar-refractivity contribution in [1.29, 1.82) is 0 Å². The number of amides is 1. The first kappa shape index (κ1) is 14.5. The highest BCUT2D eigenvalue weighted by molar-refractivity contribution is 5.76. The Morgan fingerprint density at radius 3 is 2.59 bits per heavy atom. The lowest BCUT2D eigenvalue weighted by atomic mass is 9.83. The number of nitrogens with one attached hydrogen (secondary N) is 1. The average Bonchev–Trinajstić information content (AvgIpc) is 2.36. The van der Waals surface area contributed by atoms with Gasteiger partial charge < -0.3 is 15.3 Å². The molecule has 1 heterocycles. The number of rotatable bonds is 6. The molecule has 4 nitrogen and oxygen atoms in total. The fourth-order valence-electron chi connectivity index (χ4n) is 2.32. The molecule has 0 aromatic carbocycles. The molecular weight excluding hydrogens is 216 g/mol. The smallest absolute Gasteiger partial charge is 0.222 e. The maximum Gasteiger partial charge on any atom is 0.222 e. The maximum absolute atomic E-state index is 11.4. The van der Waals surface area contributed by atoms with Crippen molar-refractivity contribution in [3.8, 4) is 0 Å². The van der Waals surface area contributed by atoms with Gasteiger partial charge in [0.2, 0.25) is 5.91 Å². The summed E-state index contributed by atoms with van der Waals surface area (Å²) < 4.78 is 0. The Labute approximate surface area is 104 Å². The van der Waals surface area contributed by atoms with Gasteiger partial charge in [-0.1, -0.05) is 13.8 Å². The number of likely N-dealkylation sites (tertiary alicyclic amines) is 1. The van der Waals surface area contributed by atoms with E-state index in [1.54, 1.807) is 4.90 Å². The number of hydrogen-bond acceptors (Lipinski definition) is 3. The minimum Gasteiger partial charge on any atom is -0.396 e. The molecule has 0 aliphatic carbocycles. The first-order valence-corrected chi connectivity index (χ1v) is 6.65. The molecule has 1 saturated heterocycles. The highest BCUT2D eigenvalue weighted by Crippen LogP contribution is 2.25. The lowest BCUT2D eigenvalue weighted by Crippen LogP contribution is -2.50. The van der Waals surface area contributed by atoms with Crippen LogP contribution in [0.2, 0.25) is 0 Å². The zero-order valence-corrected chi connectivity index (χ0v) is 11.3. The van der Waals surface area contributed by atoms with Crippen LogP contribution in [0.25, 0.3) is 0 Å². The molecule has 1 atom stereocenters. The quantitative estimate of drug-likeness (QED) is 0.730. The van der Waals surface area contributed by atoms with E-state index in [9.17, 15) is 9.90 Å². The lowest BCUT2D eigenvalue weighted by molar-refractivity contribution is -0.132. The normalized spacial score (nSPS) is 22.0. The molecule has 1 amide bonds. The third kappa shape index (κ3) is 3.68. The van der Waals surface area contributed by atoms with Crippen molar-refractivity contribution in [2.24, 2.45) is 5.41 Å². The van der Waals surface area contributed by atoms with Gasteiger partial charge in [0.1, 0.15) is 0 Å². The van der Waals surface area contributed by atoms with Crippen LogP contribution in [-0.4, -0.2) is 48.7 Å². The van der Waals surface area contributed by atoms with Gasteiger partial charge in [-0.15, -0.1) is 0 Å². The molecule has 4 heteroatoms. The number of piperidine rings is 1. The molecule has 2 N–H and O–H groups in total. The molecule has 1 fully saturated rings. The lowest BCUT2D eigenvalue weighted by Gasteiger charge is -2.35. The van der Waals surface area contributed by atoms with Crippen LogP contribution >= 0.6 is 0 Å². The fourth-order valence-corrected chi connectivity index (χ4v) is 2.32. The van der Waals surface area contributed by atoms with Crippen LogP contribution in [0.3, 0.4) is 0 Å². The first-order valence-electron chi connectivity index (χ1n) is 6.65. The van der Waals surface area contributed by atoms with Crippen LogP contribution in [0.4, 0.5) is 0 Å². The Morgan fingerprint density at radius 2 is 2.12 bits per heavy atom. The number of carbonyl (C=O) groups is 1. The van der Waals surface area contributed by atoms with E-state index in [1.165, 1.54) is 0 Å². The van der Waals surface area contributed by atoms with Crippen molar-refractivity contribution in [3.63, 3.8) is 0 Å². The number of nitrogens with zero attached hydrogens (tertiary/aromatic N) is 1. The first-order chi connectivity index (χ1) is 8.06. The van der Waals surface area contributed by atoms with Crippen molar-refractivity contribution < 1.29 is 9.90 Å². The predicted octanol–water partition coefficient (Wildman–Crippen LogP) is 0.995. The van der Waals surface area contributed by atoms with Gasteiger partial charge >= 0.3 is 0 Å². The SMILES string of the molecule is CCC(CC)(CO)CNC1CCC(=O)N(C)C1. The third-order valence-electron chi connectivity index (χ3n) is 4.23. The van der Waals surface area contributed by atoms with Crippen LogP contribution < -0.4 is 5.32 Å². The Kier molecular flexibility index (Phi) is 5.40. The number of aliphatic hydroxyl groups excluding tert-OH is 1. The van der Waals surface area contributed by atoms with Gasteiger partial charge in [0.15, 0.2) is 0 Å². The van der Waals surface area contributed by atoms with Gasteiger partial charge in [0.05, 0.1) is 0 Å². The van der Waals surface area contributed by atoms with Crippen molar-refractivity contribution in [1.82, 2.24) is 10.2 Å². The summed E-state index contributed by atoms with van der Waals surface area (Å²) in [6.07, 6.45) is 3.51. The second-order valence-electron chi connectivity index (χ2n) is 5.26. The minimum atomic E-state index is 0.0000273. The van der Waals surface area contributed by atoms with E-state index in [4.69, 9.17) is 0 Å². The van der Waals surface area contributed by atoms with Gasteiger partial charge in [0.25, 0.3) is 0 Å². The molecule has 1 unspecified atom stereocenters. The Morgan fingerprint density at radius 1 is 1.47 bits per heavy atom. The van der Waals surface area contributed by atoms with Crippen LogP contribution in [-0.2, 0) is 4.79 Å². The molecule has 100 valence electrons. The number of hydrogen-bond donors (Lipinski definition) is 2. The van der Waals surface area contributed by atoms with E-state index in [0.717, 1.165) is 32.4 Å². The van der Waals surface area contributed by atoms with Gasteiger partial charge in [-0.25, -0.2) is 0 Å². The van der Waals surface area contributed by atoms with E-state index < -0.39 is 0 Å². The van der Waals surface area contributed by atoms with E-state index in [0.29, 0.717) is 12.5 Å². The van der Waals surface area contributed by atoms with E-state index in [-0.39, 0.29) is 17.9 Å². The monoisotopic (exact) mass is 242 g/mol. The second kappa shape index (κ2) is 6.36. The molecule has 17 heavy (non-hydrogen) atoms. The van der Waals surface area contributed by atoms with Gasteiger partial charge in [-0.3, -0.25) is 4.79 Å². The molecule has 1 rings (SSSR count). The van der Waals surface area contributed by atoms with E-state index >= 15 is 0 Å². The van der Waals surface area contributed by atoms with Gasteiger partial charge in [0, 0.05) is 44.6 Å². The molecule has 0 aromatic heterocycles. The topological polar surface area (TPSA) is 52.6 Å². The fraction of sp³-hybridized carbons (Fsp3) is 0.923. The zero-order chi connectivity index (χ0) is 12.9. The highest BCUT2D eigenvalue weighted by atomic mass is 16.3. The van der Waals surface area contributed by atoms with Crippen molar-refractivity contribution >= 4 is 5.91 Å². The van der Waals surface area contributed by atoms with Crippen LogP contribution in [0, 0.1) is 5.41 Å². The van der Waals surface area contributed by atoms with Crippen LogP contribution in [0.1, 0.15) is 39.5 Å². The Hall–Kier alpha value is -0.610. The van der Waals surface area contributed by atoms with Gasteiger partial charge in [-0.2, -0.15) is 0 Å². The van der Waals surface area contributed by atoms with Crippen molar-refractivity contribution in [3.05, 3.63) is 0 Å². The summed E-state index contributed by atoms with van der Waals surface area (Å²) in [7, 11) is 1.86. The molecule has 1 aliphatic heterocycles. The minimum absolute atomic E-state index is 0.0000273. The average molecular weight is 242 g/mol. The largest absolute Gasteiger partial charge is 0.396 e. The van der Waals surface area contributed by atoms with Crippen molar-refractivity contribution in [2.75, 3.05) is 26.7 Å². The summed E-state index contributed by atoms with van der Waals surface area (Å²) in [5.41, 5.74) is 0.0000273. The summed E-state index contributed by atoms with van der Waals surface area (Å²) in [5.74, 6) is 0.238. The molecule has 1 aliphatic rings. The van der Waals surface area contributed by atoms with Crippen molar-refractivity contribution in [2.45, 2.75) is 45.6 Å². The standard InChI is InChI=1S/C13H26N2O2/c1-4-13(5-2,10-16)9-14-11-6-7-12(17)15(3)8-11/h11,14,16H,4-10H2,1-3H3. The number of carbonyl (C=O) groups excluding carboxylic acids is 1. The summed E-state index contributed by atoms with van der Waals surface area (Å²) in [6, 6.07) is 0.377. The molecule has 0 spiro atoms. The summed E-state index contributed by atoms with van der Waals surface area (Å²) in [4.78, 5) is 13.2. The molecule has 0 radical (unpaired) electrons. The molecular formula is C13H26N2O2. The van der Waals surface area contributed by atoms with Crippen LogP contribution in [0.5, 0.6) is 0 Å². The summed E-state index contributed by atoms with van der Waals surface area (Å²) >= 11 is 0. The Balaban J connectivity index is 2.42. The second-order valence-corrected chi connectivity index (χ2v) is 5.26. The molecule has 0 aromatic rings. The van der Waals surface area contributed by atoms with E-state index in [2.05, 4.69) is 19.2 Å².